The highest BCUT2D eigenvalue weighted by atomic mass is 35.5. The van der Waals surface area contributed by atoms with Crippen molar-refractivity contribution in [2.24, 2.45) is 0 Å². The molecule has 3 aliphatic rings. The summed E-state index contributed by atoms with van der Waals surface area (Å²) in [5.74, 6) is 2.46. The molecular formula is C19H34Cl2N4O2. The molecule has 0 amide bonds. The second kappa shape index (κ2) is 9.88. The number of rotatable bonds is 3. The summed E-state index contributed by atoms with van der Waals surface area (Å²) in [6.07, 6.45) is 6.98. The molecule has 3 aliphatic heterocycles. The Morgan fingerprint density at radius 1 is 1.11 bits per heavy atom. The fraction of sp³-hybridized carbons (Fsp3) is 0.895. The summed E-state index contributed by atoms with van der Waals surface area (Å²) in [6.45, 7) is 9.63. The first-order valence-corrected chi connectivity index (χ1v) is 10.1. The number of aromatic nitrogens is 2. The zero-order chi connectivity index (χ0) is 17.3. The highest BCUT2D eigenvalue weighted by molar-refractivity contribution is 5.85. The molecular weight excluding hydrogens is 387 g/mol. The van der Waals surface area contributed by atoms with Crippen LogP contribution in [0.5, 0.6) is 0 Å². The molecule has 1 atom stereocenters. The highest BCUT2D eigenvalue weighted by Crippen LogP contribution is 2.37. The van der Waals surface area contributed by atoms with Gasteiger partial charge in [0.05, 0.1) is 5.60 Å². The second-order valence-electron chi connectivity index (χ2n) is 8.38. The van der Waals surface area contributed by atoms with E-state index >= 15 is 0 Å². The van der Waals surface area contributed by atoms with Gasteiger partial charge in [-0.25, -0.2) is 0 Å². The molecule has 8 heteroatoms. The van der Waals surface area contributed by atoms with Crippen LogP contribution >= 0.6 is 24.8 Å². The van der Waals surface area contributed by atoms with Crippen molar-refractivity contribution >= 4 is 24.8 Å². The Kier molecular flexibility index (Phi) is 8.37. The average Bonchev–Trinajstić information content (AvgIpc) is 3.13. The fourth-order valence-corrected chi connectivity index (χ4v) is 4.70. The van der Waals surface area contributed by atoms with Gasteiger partial charge >= 0.3 is 0 Å². The van der Waals surface area contributed by atoms with Crippen LogP contribution < -0.4 is 5.32 Å². The molecule has 0 saturated carbocycles. The minimum Gasteiger partial charge on any atom is -0.375 e. The monoisotopic (exact) mass is 420 g/mol. The molecule has 1 aromatic heterocycles. The van der Waals surface area contributed by atoms with E-state index in [2.05, 4.69) is 34.2 Å². The third-order valence-electron chi connectivity index (χ3n) is 6.35. The maximum atomic E-state index is 6.24. The molecule has 0 aromatic carbocycles. The van der Waals surface area contributed by atoms with Gasteiger partial charge in [0.15, 0.2) is 5.82 Å². The lowest BCUT2D eigenvalue weighted by molar-refractivity contribution is -0.122. The summed E-state index contributed by atoms with van der Waals surface area (Å²) in [4.78, 5) is 7.31. The molecule has 0 bridgehead atoms. The molecule has 1 N–H and O–H groups in total. The van der Waals surface area contributed by atoms with Crippen LogP contribution in [0.4, 0.5) is 0 Å². The molecule has 3 fully saturated rings. The first-order valence-electron chi connectivity index (χ1n) is 10.1. The lowest BCUT2D eigenvalue weighted by Gasteiger charge is -2.47. The van der Waals surface area contributed by atoms with E-state index in [1.165, 1.54) is 25.7 Å². The van der Waals surface area contributed by atoms with E-state index in [1.54, 1.807) is 0 Å². The Morgan fingerprint density at radius 2 is 1.81 bits per heavy atom. The van der Waals surface area contributed by atoms with Crippen molar-refractivity contribution in [1.29, 1.82) is 0 Å². The molecule has 3 saturated heterocycles. The minimum atomic E-state index is 0. The van der Waals surface area contributed by atoms with Gasteiger partial charge < -0.3 is 19.5 Å². The summed E-state index contributed by atoms with van der Waals surface area (Å²) in [7, 11) is 0. The number of hydrogen-bond donors (Lipinski definition) is 1. The molecule has 1 aromatic rings. The third kappa shape index (κ3) is 5.15. The van der Waals surface area contributed by atoms with Crippen LogP contribution in [-0.4, -0.2) is 59.5 Å². The highest BCUT2D eigenvalue weighted by Gasteiger charge is 2.41. The molecule has 0 radical (unpaired) electrons. The van der Waals surface area contributed by atoms with Crippen molar-refractivity contribution in [3.63, 3.8) is 0 Å². The van der Waals surface area contributed by atoms with Crippen molar-refractivity contribution < 1.29 is 9.26 Å². The van der Waals surface area contributed by atoms with E-state index < -0.39 is 0 Å². The number of hydrogen-bond acceptors (Lipinski definition) is 6. The van der Waals surface area contributed by atoms with Gasteiger partial charge in [-0.3, -0.25) is 0 Å². The molecule has 0 aliphatic carbocycles. The topological polar surface area (TPSA) is 63.4 Å². The van der Waals surface area contributed by atoms with Gasteiger partial charge in [-0.05, 0) is 64.7 Å². The number of ether oxygens (including phenoxy) is 1. The van der Waals surface area contributed by atoms with Gasteiger partial charge in [0.1, 0.15) is 0 Å². The summed E-state index contributed by atoms with van der Waals surface area (Å²) in [5.41, 5.74) is 0.143. The Labute approximate surface area is 175 Å². The van der Waals surface area contributed by atoms with E-state index in [1.807, 2.05) is 0 Å². The van der Waals surface area contributed by atoms with Gasteiger partial charge in [0, 0.05) is 24.5 Å². The third-order valence-corrected chi connectivity index (χ3v) is 6.35. The normalized spacial score (nSPS) is 26.6. The number of nitrogens with one attached hydrogen (secondary N) is 1. The molecule has 27 heavy (non-hydrogen) atoms. The zero-order valence-corrected chi connectivity index (χ0v) is 18.1. The standard InChI is InChI=1S/C19H32N4O2.2ClH/c1-14(2)17-21-18(25-22-17)15-3-10-23(11-4-15)16-5-12-24-19(13-16)6-8-20-9-7-19;;/h14-16,20H,3-13H2,1-2H3;2*1H. The first kappa shape index (κ1) is 22.9. The van der Waals surface area contributed by atoms with Gasteiger partial charge in [0.2, 0.25) is 5.89 Å². The van der Waals surface area contributed by atoms with E-state index in [4.69, 9.17) is 9.26 Å². The lowest BCUT2D eigenvalue weighted by Crippen LogP contribution is -2.54. The Hall–Kier alpha value is -0.400. The van der Waals surface area contributed by atoms with Crippen LogP contribution in [0.25, 0.3) is 0 Å². The fourth-order valence-electron chi connectivity index (χ4n) is 4.70. The predicted molar refractivity (Wildman–Crippen MR) is 110 cm³/mol. The van der Waals surface area contributed by atoms with E-state index in [0.717, 1.165) is 57.3 Å². The summed E-state index contributed by atoms with van der Waals surface area (Å²) in [6, 6.07) is 0.682. The second-order valence-corrected chi connectivity index (χ2v) is 8.38. The van der Waals surface area contributed by atoms with E-state index in [9.17, 15) is 0 Å². The largest absolute Gasteiger partial charge is 0.375 e. The number of likely N-dealkylation sites (tertiary alicyclic amines) is 1. The maximum absolute atomic E-state index is 6.24. The minimum absolute atomic E-state index is 0. The van der Waals surface area contributed by atoms with Crippen LogP contribution in [0.15, 0.2) is 4.52 Å². The van der Waals surface area contributed by atoms with Crippen molar-refractivity contribution in [3.8, 4) is 0 Å². The molecule has 6 nitrogen and oxygen atoms in total. The van der Waals surface area contributed by atoms with Crippen LogP contribution in [0, 0.1) is 0 Å². The zero-order valence-electron chi connectivity index (χ0n) is 16.5. The summed E-state index contributed by atoms with van der Waals surface area (Å²) < 4.78 is 11.8. The molecule has 156 valence electrons. The van der Waals surface area contributed by atoms with Crippen LogP contribution in [-0.2, 0) is 4.74 Å². The summed E-state index contributed by atoms with van der Waals surface area (Å²) in [5, 5.41) is 7.60. The predicted octanol–water partition coefficient (Wildman–Crippen LogP) is 3.52. The number of halogens is 2. The lowest BCUT2D eigenvalue weighted by atomic mass is 9.81. The van der Waals surface area contributed by atoms with Crippen LogP contribution in [0.1, 0.15) is 75.9 Å². The van der Waals surface area contributed by atoms with E-state index in [-0.39, 0.29) is 30.4 Å². The maximum Gasteiger partial charge on any atom is 0.229 e. The van der Waals surface area contributed by atoms with Crippen molar-refractivity contribution in [3.05, 3.63) is 11.7 Å². The molecule has 1 spiro atoms. The molecule has 4 rings (SSSR count). The Morgan fingerprint density at radius 3 is 2.44 bits per heavy atom. The average molecular weight is 421 g/mol. The first-order chi connectivity index (χ1) is 12.2. The number of nitrogens with zero attached hydrogens (tertiary/aromatic N) is 3. The quantitative estimate of drug-likeness (QED) is 0.806. The smallest absolute Gasteiger partial charge is 0.229 e. The van der Waals surface area contributed by atoms with Gasteiger partial charge in [-0.15, -0.1) is 24.8 Å². The number of piperidine rings is 2. The van der Waals surface area contributed by atoms with Gasteiger partial charge in [0.25, 0.3) is 0 Å². The Bertz CT molecular complexity index is 564. The van der Waals surface area contributed by atoms with Crippen LogP contribution in [0.2, 0.25) is 0 Å². The molecule has 4 heterocycles. The molecule has 1 unspecified atom stereocenters. The summed E-state index contributed by atoms with van der Waals surface area (Å²) >= 11 is 0. The van der Waals surface area contributed by atoms with Gasteiger partial charge in [-0.2, -0.15) is 4.98 Å². The van der Waals surface area contributed by atoms with Gasteiger partial charge in [-0.1, -0.05) is 19.0 Å². The van der Waals surface area contributed by atoms with E-state index in [0.29, 0.717) is 17.9 Å². The van der Waals surface area contributed by atoms with Crippen molar-refractivity contribution in [2.75, 3.05) is 32.8 Å². The van der Waals surface area contributed by atoms with Crippen molar-refractivity contribution in [2.45, 2.75) is 75.9 Å². The SMILES string of the molecule is CC(C)c1noc(C2CCN(C3CCOC4(CCNCC4)C3)CC2)n1.Cl.Cl. The van der Waals surface area contributed by atoms with Crippen LogP contribution in [0.3, 0.4) is 0 Å². The van der Waals surface area contributed by atoms with Crippen molar-refractivity contribution in [1.82, 2.24) is 20.4 Å². The Balaban J connectivity index is 0.00000131.